The van der Waals surface area contributed by atoms with E-state index in [1.54, 1.807) is 12.3 Å². The van der Waals surface area contributed by atoms with Gasteiger partial charge in [0.2, 0.25) is 5.90 Å². The van der Waals surface area contributed by atoms with E-state index in [2.05, 4.69) is 15.2 Å². The van der Waals surface area contributed by atoms with Crippen molar-refractivity contribution in [2.45, 2.75) is 38.5 Å². The monoisotopic (exact) mass is 297 g/mol. The van der Waals surface area contributed by atoms with Gasteiger partial charge in [-0.15, -0.1) is 0 Å². The van der Waals surface area contributed by atoms with Crippen molar-refractivity contribution in [3.63, 3.8) is 0 Å². The number of ether oxygens (including phenoxy) is 1. The Balaban J connectivity index is 1.50. The Morgan fingerprint density at radius 1 is 1.18 bits per heavy atom. The molecule has 4 aliphatic carbocycles. The first kappa shape index (κ1) is 12.6. The van der Waals surface area contributed by atoms with Gasteiger partial charge in [0, 0.05) is 11.6 Å². The highest BCUT2D eigenvalue weighted by molar-refractivity contribution is 6.08. The summed E-state index contributed by atoms with van der Waals surface area (Å²) < 4.78 is 5.62. The summed E-state index contributed by atoms with van der Waals surface area (Å²) in [5.41, 5.74) is 1.21. The molecule has 0 aromatic carbocycles. The van der Waals surface area contributed by atoms with E-state index in [1.807, 2.05) is 6.07 Å². The molecule has 22 heavy (non-hydrogen) atoms. The molecule has 0 spiro atoms. The molecule has 1 N–H and O–H groups in total. The number of carbonyl (C=O) groups excluding carboxylic acids is 1. The van der Waals surface area contributed by atoms with Gasteiger partial charge in [-0.1, -0.05) is 0 Å². The average Bonchev–Trinajstić information content (AvgIpc) is 3.09. The number of hydrogen-bond acceptors (Lipinski definition) is 4. The van der Waals surface area contributed by atoms with Crippen LogP contribution in [-0.4, -0.2) is 22.1 Å². The standard InChI is InChI=1S/C17H19N3O2/c21-15-14(6-13-1-2-18-20-13)19-16(22-15)17-7-10-3-11(8-17)5-12(4-10)9-17/h1-2,6,10-12H,3-5,7-9H2,(H,18,20). The van der Waals surface area contributed by atoms with Crippen molar-refractivity contribution in [1.29, 1.82) is 0 Å². The predicted molar refractivity (Wildman–Crippen MR) is 80.7 cm³/mol. The third kappa shape index (κ3) is 1.81. The molecule has 1 aromatic rings. The minimum Gasteiger partial charge on any atom is -0.406 e. The fourth-order valence-corrected chi connectivity index (χ4v) is 5.50. The summed E-state index contributed by atoms with van der Waals surface area (Å²) >= 11 is 0. The second kappa shape index (κ2) is 4.31. The zero-order valence-corrected chi connectivity index (χ0v) is 12.4. The van der Waals surface area contributed by atoms with Crippen molar-refractivity contribution < 1.29 is 9.53 Å². The zero-order valence-electron chi connectivity index (χ0n) is 12.4. The van der Waals surface area contributed by atoms with Gasteiger partial charge in [0.25, 0.3) is 0 Å². The van der Waals surface area contributed by atoms with Crippen LogP contribution in [0.15, 0.2) is 23.0 Å². The van der Waals surface area contributed by atoms with Crippen LogP contribution >= 0.6 is 0 Å². The number of aromatic nitrogens is 2. The first-order valence-corrected chi connectivity index (χ1v) is 8.23. The molecule has 4 fully saturated rings. The second-order valence-corrected chi connectivity index (χ2v) is 7.55. The number of carbonyl (C=O) groups is 1. The SMILES string of the molecule is O=C1OC(C23CC4CC(CC(C4)C2)C3)=NC1=Cc1ccn[nH]1. The Morgan fingerprint density at radius 3 is 2.45 bits per heavy atom. The highest BCUT2D eigenvalue weighted by atomic mass is 16.6. The molecule has 0 atom stereocenters. The molecule has 4 bridgehead atoms. The molecule has 5 aliphatic rings. The zero-order chi connectivity index (χ0) is 14.7. The molecule has 5 nitrogen and oxygen atoms in total. The maximum atomic E-state index is 12.2. The van der Waals surface area contributed by atoms with Gasteiger partial charge in [-0.2, -0.15) is 5.10 Å². The van der Waals surface area contributed by atoms with Crippen LogP contribution in [0.1, 0.15) is 44.2 Å². The molecular formula is C17H19N3O2. The Bertz CT molecular complexity index is 651. The maximum Gasteiger partial charge on any atom is 0.363 e. The van der Waals surface area contributed by atoms with E-state index in [1.165, 1.54) is 19.3 Å². The number of nitrogens with one attached hydrogen (secondary N) is 1. The van der Waals surface area contributed by atoms with Crippen molar-refractivity contribution >= 4 is 17.9 Å². The molecule has 2 heterocycles. The van der Waals surface area contributed by atoms with E-state index in [4.69, 9.17) is 4.74 Å². The van der Waals surface area contributed by atoms with E-state index in [0.717, 1.165) is 42.7 Å². The number of aromatic amines is 1. The number of cyclic esters (lactones) is 1. The molecule has 5 heteroatoms. The normalized spacial score (nSPS) is 41.1. The second-order valence-electron chi connectivity index (χ2n) is 7.55. The van der Waals surface area contributed by atoms with Gasteiger partial charge in [0.15, 0.2) is 5.70 Å². The summed E-state index contributed by atoms with van der Waals surface area (Å²) in [6, 6.07) is 1.82. The van der Waals surface area contributed by atoms with Crippen molar-refractivity contribution in [2.75, 3.05) is 0 Å². The summed E-state index contributed by atoms with van der Waals surface area (Å²) in [5.74, 6) is 2.82. The summed E-state index contributed by atoms with van der Waals surface area (Å²) in [7, 11) is 0. The summed E-state index contributed by atoms with van der Waals surface area (Å²) in [6.07, 6.45) is 11.0. The number of rotatable bonds is 2. The summed E-state index contributed by atoms with van der Waals surface area (Å²) in [6.45, 7) is 0. The number of hydrogen-bond donors (Lipinski definition) is 1. The van der Waals surface area contributed by atoms with E-state index in [9.17, 15) is 4.79 Å². The number of esters is 1. The van der Waals surface area contributed by atoms with Gasteiger partial charge >= 0.3 is 5.97 Å². The fraction of sp³-hybridized carbons (Fsp3) is 0.588. The lowest BCUT2D eigenvalue weighted by molar-refractivity contribution is -0.131. The first-order valence-electron chi connectivity index (χ1n) is 8.23. The number of aliphatic imine (C=N–C) groups is 1. The minimum atomic E-state index is -0.319. The number of H-pyrrole nitrogens is 1. The van der Waals surface area contributed by atoms with E-state index >= 15 is 0 Å². The molecule has 0 unspecified atom stereocenters. The van der Waals surface area contributed by atoms with Crippen molar-refractivity contribution in [3.05, 3.63) is 23.7 Å². The fourth-order valence-electron chi connectivity index (χ4n) is 5.50. The summed E-state index contributed by atoms with van der Waals surface area (Å²) in [4.78, 5) is 16.8. The highest BCUT2D eigenvalue weighted by Crippen LogP contribution is 2.61. The van der Waals surface area contributed by atoms with Crippen LogP contribution < -0.4 is 0 Å². The summed E-state index contributed by atoms with van der Waals surface area (Å²) in [5, 5.41) is 6.72. The first-order chi connectivity index (χ1) is 10.7. The largest absolute Gasteiger partial charge is 0.406 e. The van der Waals surface area contributed by atoms with E-state index in [0.29, 0.717) is 11.6 Å². The lowest BCUT2D eigenvalue weighted by Gasteiger charge is -2.55. The number of nitrogens with zero attached hydrogens (tertiary/aromatic N) is 2. The third-order valence-electron chi connectivity index (χ3n) is 5.93. The van der Waals surface area contributed by atoms with E-state index in [-0.39, 0.29) is 11.4 Å². The van der Waals surface area contributed by atoms with Crippen LogP contribution in [0.2, 0.25) is 0 Å². The Morgan fingerprint density at radius 2 is 1.86 bits per heavy atom. The van der Waals surface area contributed by atoms with Gasteiger partial charge in [0.05, 0.1) is 5.69 Å². The lowest BCUT2D eigenvalue weighted by Crippen LogP contribution is -2.50. The van der Waals surface area contributed by atoms with Crippen LogP contribution in [0, 0.1) is 23.2 Å². The Hall–Kier alpha value is -1.91. The smallest absolute Gasteiger partial charge is 0.363 e. The molecule has 0 amide bonds. The van der Waals surface area contributed by atoms with Crippen LogP contribution in [0.5, 0.6) is 0 Å². The molecule has 0 radical (unpaired) electrons. The van der Waals surface area contributed by atoms with Crippen LogP contribution in [-0.2, 0) is 9.53 Å². The van der Waals surface area contributed by atoms with Crippen molar-refractivity contribution in [1.82, 2.24) is 10.2 Å². The van der Waals surface area contributed by atoms with Gasteiger partial charge < -0.3 is 4.74 Å². The van der Waals surface area contributed by atoms with Crippen LogP contribution in [0.4, 0.5) is 0 Å². The Kier molecular flexibility index (Phi) is 2.47. The van der Waals surface area contributed by atoms with Crippen molar-refractivity contribution in [2.24, 2.45) is 28.2 Å². The average molecular weight is 297 g/mol. The van der Waals surface area contributed by atoms with Crippen LogP contribution in [0.3, 0.4) is 0 Å². The molecule has 0 saturated heterocycles. The third-order valence-corrected chi connectivity index (χ3v) is 5.93. The van der Waals surface area contributed by atoms with Gasteiger partial charge in [-0.05, 0) is 68.4 Å². The van der Waals surface area contributed by atoms with Gasteiger partial charge in [-0.25, -0.2) is 9.79 Å². The van der Waals surface area contributed by atoms with Crippen molar-refractivity contribution in [3.8, 4) is 0 Å². The lowest BCUT2D eigenvalue weighted by atomic mass is 9.49. The molecular weight excluding hydrogens is 278 g/mol. The topological polar surface area (TPSA) is 67.3 Å². The quantitative estimate of drug-likeness (QED) is 0.674. The molecule has 1 aromatic heterocycles. The maximum absolute atomic E-state index is 12.2. The van der Waals surface area contributed by atoms with Crippen LogP contribution in [0.25, 0.3) is 6.08 Å². The van der Waals surface area contributed by atoms with Gasteiger partial charge in [-0.3, -0.25) is 5.10 Å². The minimum absolute atomic E-state index is 0.0357. The molecule has 4 saturated carbocycles. The molecule has 114 valence electrons. The van der Waals surface area contributed by atoms with Gasteiger partial charge in [0.1, 0.15) is 0 Å². The Labute approximate surface area is 128 Å². The molecule has 1 aliphatic heterocycles. The molecule has 6 rings (SSSR count). The van der Waals surface area contributed by atoms with E-state index < -0.39 is 0 Å². The predicted octanol–water partition coefficient (Wildman–Crippen LogP) is 2.92. The highest BCUT2D eigenvalue weighted by Gasteiger charge is 2.55.